The third-order valence-electron chi connectivity index (χ3n) is 6.92. The van der Waals surface area contributed by atoms with Gasteiger partial charge >= 0.3 is 19.8 Å². The molecule has 1 aliphatic heterocycles. The molecule has 0 amide bonds. The van der Waals surface area contributed by atoms with E-state index in [-0.39, 0.29) is 19.3 Å². The predicted molar refractivity (Wildman–Crippen MR) is 148 cm³/mol. The summed E-state index contributed by atoms with van der Waals surface area (Å²) in [6, 6.07) is 13.8. The molecule has 40 heavy (non-hydrogen) atoms. The summed E-state index contributed by atoms with van der Waals surface area (Å²) in [5, 5.41) is 4.53. The summed E-state index contributed by atoms with van der Waals surface area (Å²) in [5.41, 5.74) is 0.146. The number of carbonyl (C=O) groups is 1. The topological polar surface area (TPSA) is 130 Å². The van der Waals surface area contributed by atoms with Crippen LogP contribution in [0.2, 0.25) is 0 Å². The number of nitrogens with one attached hydrogen (secondary N) is 1. The Hall–Kier alpha value is -2.92. The third kappa shape index (κ3) is 7.04. The monoisotopic (exact) mass is 572 g/mol. The highest BCUT2D eigenvalue weighted by Crippen LogP contribution is 2.54. The van der Waals surface area contributed by atoms with Crippen LogP contribution in [0.4, 0.5) is 0 Å². The molecule has 2 heterocycles. The summed E-state index contributed by atoms with van der Waals surface area (Å²) < 4.78 is 30.5. The van der Waals surface area contributed by atoms with Gasteiger partial charge in [-0.25, -0.2) is 4.79 Å². The van der Waals surface area contributed by atoms with Crippen molar-refractivity contribution < 1.29 is 32.9 Å². The summed E-state index contributed by atoms with van der Waals surface area (Å²) in [5.74, 6) is -0.104. The Bertz CT molecular complexity index is 1380. The van der Waals surface area contributed by atoms with E-state index in [1.165, 1.54) is 4.57 Å². The molecule has 0 bridgehead atoms. The summed E-state index contributed by atoms with van der Waals surface area (Å²) >= 11 is 0. The van der Waals surface area contributed by atoms with Gasteiger partial charge in [-0.05, 0) is 57.0 Å². The highest BCUT2D eigenvalue weighted by atomic mass is 31.2. The molecule has 2 aliphatic rings. The number of carbonyl (C=O) groups excluding carboxylic acids is 1. The van der Waals surface area contributed by atoms with Crippen molar-refractivity contribution in [1.82, 2.24) is 14.6 Å². The minimum Gasteiger partial charge on any atom is -0.461 e. The van der Waals surface area contributed by atoms with Crippen LogP contribution in [-0.4, -0.2) is 52.1 Å². The number of fused-ring (bicyclic) bond motifs is 1. The molecule has 11 nitrogen and oxygen atoms in total. The molecule has 0 radical (unpaired) electrons. The number of esters is 1. The molecule has 0 spiro atoms. The Balaban J connectivity index is 1.29. The van der Waals surface area contributed by atoms with Crippen molar-refractivity contribution in [2.45, 2.75) is 70.6 Å². The molecule has 12 heteroatoms. The van der Waals surface area contributed by atoms with Crippen molar-refractivity contribution in [1.29, 1.82) is 0 Å². The summed E-state index contributed by atoms with van der Waals surface area (Å²) in [7, 11) is -3.91. The molecular weight excluding hydrogens is 537 g/mol. The minimum absolute atomic E-state index is 0.0945. The number of hydrogen-bond acceptors (Lipinski definition) is 10. The van der Waals surface area contributed by atoms with Gasteiger partial charge < -0.3 is 14.2 Å². The standard InChI is InChI=1S/C28H35N3O8P/c1-19-15-16-31(28(33)29-19)25-17-35-26(38-25)18-36-40(34,30-20(2)27(32)37-22-11-4-3-5-12-22)39-24-14-8-10-21-9-6-7-13-23(21)24/h6-10,13-16,20,22,25-26,30,34H,3-5,11-12,17-18H2,1-2H3/q+1/t20-,25-,26-,40?/m0/s1. The Morgan fingerprint density at radius 1 is 1.18 bits per heavy atom. The quantitative estimate of drug-likeness (QED) is 0.269. The fraction of sp³-hybridized carbons (Fsp3) is 0.464. The van der Waals surface area contributed by atoms with Gasteiger partial charge in [-0.3, -0.25) is 13.9 Å². The average Bonchev–Trinajstić information content (AvgIpc) is 3.41. The van der Waals surface area contributed by atoms with Gasteiger partial charge in [-0.15, -0.1) is 0 Å². The van der Waals surface area contributed by atoms with Gasteiger partial charge in [0.2, 0.25) is 0 Å². The largest absolute Gasteiger partial charge is 0.544 e. The van der Waals surface area contributed by atoms with E-state index in [0.29, 0.717) is 11.4 Å². The lowest BCUT2D eigenvalue weighted by Gasteiger charge is -2.25. The number of benzene rings is 2. The van der Waals surface area contributed by atoms with Crippen LogP contribution in [0, 0.1) is 6.92 Å². The van der Waals surface area contributed by atoms with Crippen molar-refractivity contribution in [3.8, 4) is 5.75 Å². The molecule has 214 valence electrons. The normalized spacial score (nSPS) is 22.1. The molecule has 1 unspecified atom stereocenters. The van der Waals surface area contributed by atoms with E-state index in [2.05, 4.69) is 10.1 Å². The Kier molecular flexibility index (Phi) is 9.10. The first-order valence-electron chi connectivity index (χ1n) is 13.5. The Morgan fingerprint density at radius 3 is 2.75 bits per heavy atom. The molecule has 5 rings (SSSR count). The summed E-state index contributed by atoms with van der Waals surface area (Å²) in [6.07, 6.45) is 4.72. The van der Waals surface area contributed by atoms with Gasteiger partial charge in [-0.2, -0.15) is 14.4 Å². The molecule has 2 fully saturated rings. The fourth-order valence-electron chi connectivity index (χ4n) is 4.80. The molecule has 1 saturated carbocycles. The smallest absolute Gasteiger partial charge is 0.461 e. The lowest BCUT2D eigenvalue weighted by atomic mass is 9.98. The summed E-state index contributed by atoms with van der Waals surface area (Å²) in [6.45, 7) is 3.20. The van der Waals surface area contributed by atoms with Crippen LogP contribution in [-0.2, 0) is 23.5 Å². The third-order valence-corrected chi connectivity index (χ3v) is 8.57. The van der Waals surface area contributed by atoms with Gasteiger partial charge in [0.25, 0.3) is 0 Å². The van der Waals surface area contributed by atoms with Crippen molar-refractivity contribution in [2.24, 2.45) is 0 Å². The van der Waals surface area contributed by atoms with E-state index in [4.69, 9.17) is 23.3 Å². The number of hydrogen-bond donors (Lipinski definition) is 2. The van der Waals surface area contributed by atoms with Crippen molar-refractivity contribution >= 4 is 24.8 Å². The van der Waals surface area contributed by atoms with Crippen molar-refractivity contribution in [2.75, 3.05) is 13.2 Å². The van der Waals surface area contributed by atoms with E-state index >= 15 is 0 Å². The Labute approximate surface area is 233 Å². The number of nitrogens with zero attached hydrogens (tertiary/aromatic N) is 2. The van der Waals surface area contributed by atoms with Crippen LogP contribution in [0.1, 0.15) is 50.9 Å². The zero-order valence-corrected chi connectivity index (χ0v) is 23.5. The maximum absolute atomic E-state index is 12.9. The second-order valence-electron chi connectivity index (χ2n) is 10.0. The molecule has 4 atom stereocenters. The molecule has 2 N–H and O–H groups in total. The highest BCUT2D eigenvalue weighted by molar-refractivity contribution is 7.59. The molecule has 1 aliphatic carbocycles. The van der Waals surface area contributed by atoms with E-state index in [9.17, 15) is 14.5 Å². The fourth-order valence-corrected chi connectivity index (χ4v) is 6.33. The molecule has 1 aromatic heterocycles. The molecule has 2 aromatic carbocycles. The van der Waals surface area contributed by atoms with Crippen LogP contribution in [0.5, 0.6) is 5.75 Å². The van der Waals surface area contributed by atoms with E-state index < -0.39 is 38.3 Å². The number of aromatic nitrogens is 2. The van der Waals surface area contributed by atoms with Crippen molar-refractivity contribution in [3.05, 3.63) is 70.9 Å². The second-order valence-corrected chi connectivity index (χ2v) is 11.8. The van der Waals surface area contributed by atoms with Gasteiger partial charge in [0.15, 0.2) is 24.9 Å². The zero-order valence-electron chi connectivity index (χ0n) is 22.6. The van der Waals surface area contributed by atoms with E-state index in [1.54, 1.807) is 32.2 Å². The van der Waals surface area contributed by atoms with E-state index in [0.717, 1.165) is 42.9 Å². The predicted octanol–water partition coefficient (Wildman–Crippen LogP) is 4.20. The van der Waals surface area contributed by atoms with Crippen LogP contribution in [0.15, 0.2) is 59.5 Å². The van der Waals surface area contributed by atoms with E-state index in [1.807, 2.05) is 36.4 Å². The average molecular weight is 573 g/mol. The first kappa shape index (κ1) is 28.6. The lowest BCUT2D eigenvalue weighted by Crippen LogP contribution is -2.40. The van der Waals surface area contributed by atoms with Crippen LogP contribution >= 0.6 is 8.09 Å². The summed E-state index contributed by atoms with van der Waals surface area (Å²) in [4.78, 5) is 40.7. The first-order chi connectivity index (χ1) is 19.3. The zero-order chi connectivity index (χ0) is 28.1. The molecule has 3 aromatic rings. The van der Waals surface area contributed by atoms with Gasteiger partial charge in [0.1, 0.15) is 12.1 Å². The van der Waals surface area contributed by atoms with Crippen LogP contribution in [0.3, 0.4) is 0 Å². The maximum atomic E-state index is 12.9. The number of rotatable bonds is 10. The lowest BCUT2D eigenvalue weighted by molar-refractivity contribution is -0.152. The van der Waals surface area contributed by atoms with Gasteiger partial charge in [0, 0.05) is 17.3 Å². The Morgan fingerprint density at radius 2 is 1.95 bits per heavy atom. The van der Waals surface area contributed by atoms with Gasteiger partial charge in [0.05, 0.1) is 6.61 Å². The molecule has 1 saturated heterocycles. The SMILES string of the molecule is Cc1ccn([C@@H]2CO[C@H](CO[P+](O)(N[C@@H](C)C(=O)OC3CCCCC3)Oc3cccc4ccccc34)O2)c(=O)n1. The van der Waals surface area contributed by atoms with Crippen LogP contribution in [0.25, 0.3) is 10.8 Å². The number of ether oxygens (including phenoxy) is 3. The first-order valence-corrected chi connectivity index (χ1v) is 15.1. The van der Waals surface area contributed by atoms with Gasteiger partial charge in [-0.1, -0.05) is 47.9 Å². The highest BCUT2D eigenvalue weighted by Gasteiger charge is 2.49. The van der Waals surface area contributed by atoms with Crippen molar-refractivity contribution in [3.63, 3.8) is 0 Å². The maximum Gasteiger partial charge on any atom is 0.544 e. The second kappa shape index (κ2) is 12.7. The number of aryl methyl sites for hydroxylation is 1. The molecular formula is C28H35N3O8P+. The van der Waals surface area contributed by atoms with Crippen LogP contribution < -0.4 is 15.3 Å². The minimum atomic E-state index is -3.91.